The van der Waals surface area contributed by atoms with Crippen LogP contribution >= 0.6 is 0 Å². The van der Waals surface area contributed by atoms with Crippen molar-refractivity contribution in [1.29, 1.82) is 0 Å². The first-order valence-electron chi connectivity index (χ1n) is 11.1. The molecule has 32 heavy (non-hydrogen) atoms. The average Bonchev–Trinajstić information content (AvgIpc) is 3.32. The summed E-state index contributed by atoms with van der Waals surface area (Å²) in [7, 11) is 0. The number of nitrogens with zero attached hydrogens (tertiary/aromatic N) is 4. The lowest BCUT2D eigenvalue weighted by Crippen LogP contribution is -2.51. The second-order valence-electron chi connectivity index (χ2n) is 8.49. The normalized spacial score (nSPS) is 16.8. The molecule has 0 atom stereocenters. The highest BCUT2D eigenvalue weighted by molar-refractivity contribution is 5.99. The topological polar surface area (TPSA) is 83.6 Å². The fourth-order valence-electron chi connectivity index (χ4n) is 3.97. The van der Waals surface area contributed by atoms with Crippen LogP contribution in [0, 0.1) is 6.92 Å². The number of aromatic nitrogens is 2. The summed E-state index contributed by atoms with van der Waals surface area (Å²) in [5.41, 5.74) is 1.93. The quantitative estimate of drug-likeness (QED) is 0.646. The molecule has 2 aromatic heterocycles. The monoisotopic (exact) mass is 433 g/mol. The van der Waals surface area contributed by atoms with Crippen LogP contribution in [0.5, 0.6) is 0 Å². The van der Waals surface area contributed by atoms with Gasteiger partial charge in [0.05, 0.1) is 17.8 Å². The Hall–Kier alpha value is -3.39. The SMILES string of the molecule is Cc1ccc(-c2nn(-c3ccccc3)cc2C(=O)N2CCN(CC(=O)NC3CC3)CC2)o1. The molecule has 5 rings (SSSR count). The van der Waals surface area contributed by atoms with Crippen molar-refractivity contribution in [3.63, 3.8) is 0 Å². The molecular weight excluding hydrogens is 406 g/mol. The van der Waals surface area contributed by atoms with Gasteiger partial charge in [-0.25, -0.2) is 4.68 Å². The van der Waals surface area contributed by atoms with E-state index in [2.05, 4.69) is 15.3 Å². The third-order valence-corrected chi connectivity index (χ3v) is 5.91. The Kier molecular flexibility index (Phi) is 5.53. The maximum absolute atomic E-state index is 13.5. The molecule has 1 saturated carbocycles. The second kappa shape index (κ2) is 8.63. The number of furan rings is 1. The number of carbonyl (C=O) groups excluding carboxylic acids is 2. The molecule has 2 aliphatic rings. The standard InChI is InChI=1S/C24H27N5O3/c1-17-7-10-21(32-17)23-20(15-29(26-23)19-5-3-2-4-6-19)24(31)28-13-11-27(12-14-28)16-22(30)25-18-8-9-18/h2-7,10,15,18H,8-9,11-14,16H2,1H3,(H,25,30). The van der Waals surface area contributed by atoms with Crippen molar-refractivity contribution in [2.24, 2.45) is 0 Å². The van der Waals surface area contributed by atoms with E-state index in [4.69, 9.17) is 4.42 Å². The van der Waals surface area contributed by atoms with Crippen LogP contribution in [0.3, 0.4) is 0 Å². The number of hydrogen-bond donors (Lipinski definition) is 1. The Balaban J connectivity index is 1.32. The lowest BCUT2D eigenvalue weighted by molar-refractivity contribution is -0.122. The number of amides is 2. The molecule has 3 aromatic rings. The van der Waals surface area contributed by atoms with Crippen LogP contribution in [-0.2, 0) is 4.79 Å². The number of piperazine rings is 1. The van der Waals surface area contributed by atoms with Crippen molar-refractivity contribution in [3.05, 3.63) is 60.0 Å². The zero-order valence-electron chi connectivity index (χ0n) is 18.2. The fourth-order valence-corrected chi connectivity index (χ4v) is 3.97. The smallest absolute Gasteiger partial charge is 0.257 e. The Morgan fingerprint density at radius 3 is 2.47 bits per heavy atom. The summed E-state index contributed by atoms with van der Waals surface area (Å²) >= 11 is 0. The molecule has 1 N–H and O–H groups in total. The first-order valence-corrected chi connectivity index (χ1v) is 11.1. The molecule has 1 aliphatic heterocycles. The highest BCUT2D eigenvalue weighted by Crippen LogP contribution is 2.27. The number of para-hydroxylation sites is 1. The van der Waals surface area contributed by atoms with Crippen molar-refractivity contribution in [3.8, 4) is 17.1 Å². The van der Waals surface area contributed by atoms with Crippen LogP contribution in [0.25, 0.3) is 17.1 Å². The van der Waals surface area contributed by atoms with Gasteiger partial charge in [-0.15, -0.1) is 0 Å². The van der Waals surface area contributed by atoms with E-state index < -0.39 is 0 Å². The molecular formula is C24H27N5O3. The van der Waals surface area contributed by atoms with Crippen molar-refractivity contribution < 1.29 is 14.0 Å². The van der Waals surface area contributed by atoms with Crippen LogP contribution in [0.1, 0.15) is 29.0 Å². The minimum atomic E-state index is -0.0710. The summed E-state index contributed by atoms with van der Waals surface area (Å²) in [5.74, 6) is 1.35. The van der Waals surface area contributed by atoms with Crippen molar-refractivity contribution in [1.82, 2.24) is 24.9 Å². The molecule has 0 unspecified atom stereocenters. The molecule has 1 aromatic carbocycles. The third-order valence-electron chi connectivity index (χ3n) is 5.91. The predicted molar refractivity (Wildman–Crippen MR) is 120 cm³/mol. The van der Waals surface area contributed by atoms with E-state index in [-0.39, 0.29) is 11.8 Å². The zero-order chi connectivity index (χ0) is 22.1. The van der Waals surface area contributed by atoms with E-state index in [1.165, 1.54) is 0 Å². The van der Waals surface area contributed by atoms with Crippen molar-refractivity contribution in [2.75, 3.05) is 32.7 Å². The summed E-state index contributed by atoms with van der Waals surface area (Å²) in [6.45, 7) is 4.75. The van der Waals surface area contributed by atoms with Gasteiger partial charge < -0.3 is 14.6 Å². The summed E-state index contributed by atoms with van der Waals surface area (Å²) in [4.78, 5) is 29.5. The van der Waals surface area contributed by atoms with Gasteiger partial charge in [0, 0.05) is 38.4 Å². The van der Waals surface area contributed by atoms with Crippen LogP contribution in [0.15, 0.2) is 53.1 Å². The number of benzene rings is 1. The summed E-state index contributed by atoms with van der Waals surface area (Å²) in [5, 5.41) is 7.70. The van der Waals surface area contributed by atoms with E-state index in [1.807, 2.05) is 54.3 Å². The number of aryl methyl sites for hydroxylation is 1. The van der Waals surface area contributed by atoms with Gasteiger partial charge in [0.15, 0.2) is 5.76 Å². The van der Waals surface area contributed by atoms with Gasteiger partial charge in [-0.3, -0.25) is 14.5 Å². The molecule has 166 valence electrons. The predicted octanol–water partition coefficient (Wildman–Crippen LogP) is 2.48. The molecule has 3 heterocycles. The molecule has 1 aliphatic carbocycles. The molecule has 0 bridgehead atoms. The highest BCUT2D eigenvalue weighted by atomic mass is 16.3. The first kappa shape index (κ1) is 20.5. The van der Waals surface area contributed by atoms with Crippen molar-refractivity contribution >= 4 is 11.8 Å². The van der Waals surface area contributed by atoms with Gasteiger partial charge in [0.1, 0.15) is 11.5 Å². The third kappa shape index (κ3) is 4.45. The van der Waals surface area contributed by atoms with Gasteiger partial charge >= 0.3 is 0 Å². The molecule has 1 saturated heterocycles. The maximum atomic E-state index is 13.5. The van der Waals surface area contributed by atoms with Crippen LogP contribution in [0.2, 0.25) is 0 Å². The molecule has 0 radical (unpaired) electrons. The van der Waals surface area contributed by atoms with E-state index in [9.17, 15) is 9.59 Å². The summed E-state index contributed by atoms with van der Waals surface area (Å²) in [6.07, 6.45) is 3.95. The highest BCUT2D eigenvalue weighted by Gasteiger charge is 2.29. The number of rotatable bonds is 6. The molecule has 8 heteroatoms. The van der Waals surface area contributed by atoms with Gasteiger partial charge in [0.25, 0.3) is 5.91 Å². The molecule has 8 nitrogen and oxygen atoms in total. The Labute approximate surface area is 186 Å². The number of carbonyl (C=O) groups is 2. The fraction of sp³-hybridized carbons (Fsp3) is 0.375. The Morgan fingerprint density at radius 2 is 1.81 bits per heavy atom. The van der Waals surface area contributed by atoms with Crippen molar-refractivity contribution in [2.45, 2.75) is 25.8 Å². The minimum absolute atomic E-state index is 0.0710. The largest absolute Gasteiger partial charge is 0.460 e. The average molecular weight is 434 g/mol. The Morgan fingerprint density at radius 1 is 1.06 bits per heavy atom. The summed E-state index contributed by atoms with van der Waals surface area (Å²) < 4.78 is 7.52. The van der Waals surface area contributed by atoms with Gasteiger partial charge in [-0.05, 0) is 44.0 Å². The maximum Gasteiger partial charge on any atom is 0.257 e. The molecule has 0 spiro atoms. The first-order chi connectivity index (χ1) is 15.6. The molecule has 2 amide bonds. The second-order valence-corrected chi connectivity index (χ2v) is 8.49. The zero-order valence-corrected chi connectivity index (χ0v) is 18.2. The van der Waals surface area contributed by atoms with Crippen LogP contribution < -0.4 is 5.32 Å². The minimum Gasteiger partial charge on any atom is -0.460 e. The Bertz CT molecular complexity index is 1110. The van der Waals surface area contributed by atoms with Gasteiger partial charge in [-0.1, -0.05) is 18.2 Å². The molecule has 2 fully saturated rings. The van der Waals surface area contributed by atoms with E-state index in [0.717, 1.165) is 24.3 Å². The van der Waals surface area contributed by atoms with Gasteiger partial charge in [-0.2, -0.15) is 5.10 Å². The lowest BCUT2D eigenvalue weighted by Gasteiger charge is -2.34. The van der Waals surface area contributed by atoms with E-state index >= 15 is 0 Å². The van der Waals surface area contributed by atoms with Crippen LogP contribution in [-0.4, -0.2) is 70.2 Å². The lowest BCUT2D eigenvalue weighted by atomic mass is 10.1. The number of hydrogen-bond acceptors (Lipinski definition) is 5. The van der Waals surface area contributed by atoms with E-state index in [0.29, 0.717) is 55.8 Å². The van der Waals surface area contributed by atoms with E-state index in [1.54, 1.807) is 10.9 Å². The summed E-state index contributed by atoms with van der Waals surface area (Å²) in [6, 6.07) is 13.8. The number of nitrogens with one attached hydrogen (secondary N) is 1. The van der Waals surface area contributed by atoms with Gasteiger partial charge in [0.2, 0.25) is 5.91 Å². The van der Waals surface area contributed by atoms with Crippen LogP contribution in [0.4, 0.5) is 0 Å².